The molecular formula is C20H26N4O2. The minimum atomic E-state index is 0.137. The van der Waals surface area contributed by atoms with Crippen molar-refractivity contribution < 1.29 is 9.47 Å². The van der Waals surface area contributed by atoms with Crippen LogP contribution in [0.5, 0.6) is 5.75 Å². The second kappa shape index (κ2) is 8.01. The molecule has 2 aromatic rings. The lowest BCUT2D eigenvalue weighted by molar-refractivity contribution is 0.101. The maximum atomic E-state index is 5.80. The fraction of sp³-hybridized carbons (Fsp3) is 0.500. The Morgan fingerprint density at radius 2 is 2.08 bits per heavy atom. The molecule has 4 rings (SSSR count). The van der Waals surface area contributed by atoms with Gasteiger partial charge in [0.05, 0.1) is 7.11 Å². The maximum absolute atomic E-state index is 5.80. The Balaban J connectivity index is 1.34. The summed E-state index contributed by atoms with van der Waals surface area (Å²) in [6, 6.07) is 8.13. The number of hydrogen-bond donors (Lipinski definition) is 0. The van der Waals surface area contributed by atoms with Gasteiger partial charge in [0.25, 0.3) is 0 Å². The number of methoxy groups -OCH3 is 1. The molecule has 0 spiro atoms. The molecule has 0 N–H and O–H groups in total. The van der Waals surface area contributed by atoms with Crippen LogP contribution in [-0.4, -0.2) is 53.0 Å². The summed E-state index contributed by atoms with van der Waals surface area (Å²) in [5.74, 6) is 3.00. The Morgan fingerprint density at radius 3 is 2.85 bits per heavy atom. The van der Waals surface area contributed by atoms with E-state index in [1.54, 1.807) is 7.11 Å². The predicted octanol–water partition coefficient (Wildman–Crippen LogP) is 2.71. The third-order valence-electron chi connectivity index (χ3n) is 5.15. The molecule has 0 aliphatic carbocycles. The molecular weight excluding hydrogens is 328 g/mol. The predicted molar refractivity (Wildman–Crippen MR) is 100 cm³/mol. The van der Waals surface area contributed by atoms with Gasteiger partial charge in [0.1, 0.15) is 17.7 Å². The van der Waals surface area contributed by atoms with Crippen molar-refractivity contribution in [3.05, 3.63) is 47.6 Å². The van der Waals surface area contributed by atoms with Gasteiger partial charge in [-0.3, -0.25) is 4.90 Å². The molecule has 6 nitrogen and oxygen atoms in total. The minimum absolute atomic E-state index is 0.137. The number of rotatable bonds is 5. The fourth-order valence-electron chi connectivity index (χ4n) is 3.64. The van der Waals surface area contributed by atoms with Gasteiger partial charge in [0.2, 0.25) is 0 Å². The number of nitrogens with zero attached hydrogens (tertiary/aromatic N) is 4. The molecule has 0 saturated carbocycles. The molecule has 0 radical (unpaired) electrons. The molecule has 1 atom stereocenters. The number of hydrogen-bond acceptors (Lipinski definition) is 5. The van der Waals surface area contributed by atoms with Crippen molar-refractivity contribution in [1.29, 1.82) is 0 Å². The highest BCUT2D eigenvalue weighted by Gasteiger charge is 2.26. The van der Waals surface area contributed by atoms with E-state index in [1.807, 2.05) is 12.1 Å². The van der Waals surface area contributed by atoms with Gasteiger partial charge in [-0.25, -0.2) is 0 Å². The summed E-state index contributed by atoms with van der Waals surface area (Å²) >= 11 is 0. The average Bonchev–Trinajstić information content (AvgIpc) is 3.29. The first-order valence-electron chi connectivity index (χ1n) is 9.40. The molecule has 1 fully saturated rings. The van der Waals surface area contributed by atoms with Crippen LogP contribution in [0.4, 0.5) is 0 Å². The normalized spacial score (nSPS) is 21.0. The van der Waals surface area contributed by atoms with Crippen molar-refractivity contribution in [3.8, 4) is 5.75 Å². The Morgan fingerprint density at radius 1 is 1.19 bits per heavy atom. The zero-order valence-corrected chi connectivity index (χ0v) is 15.3. The molecule has 1 aromatic heterocycles. The molecule has 1 unspecified atom stereocenters. The molecule has 6 heteroatoms. The van der Waals surface area contributed by atoms with Crippen LogP contribution in [0.3, 0.4) is 0 Å². The molecule has 0 amide bonds. The monoisotopic (exact) mass is 354 g/mol. The van der Waals surface area contributed by atoms with Gasteiger partial charge in [0.15, 0.2) is 5.82 Å². The third-order valence-corrected chi connectivity index (χ3v) is 5.15. The molecule has 0 bridgehead atoms. The van der Waals surface area contributed by atoms with Crippen molar-refractivity contribution >= 4 is 6.08 Å². The first-order valence-corrected chi connectivity index (χ1v) is 9.40. The molecule has 138 valence electrons. The average molecular weight is 354 g/mol. The molecule has 1 saturated heterocycles. The van der Waals surface area contributed by atoms with E-state index in [-0.39, 0.29) is 6.10 Å². The van der Waals surface area contributed by atoms with Gasteiger partial charge >= 0.3 is 0 Å². The van der Waals surface area contributed by atoms with Crippen molar-refractivity contribution in [1.82, 2.24) is 19.7 Å². The summed E-state index contributed by atoms with van der Waals surface area (Å²) < 4.78 is 13.3. The molecule has 2 aliphatic rings. The SMILES string of the molecule is COc1ccc(/C=C/CN2CCc3nnc(C4CCCO4)n3CC2)cc1. The smallest absolute Gasteiger partial charge is 0.162 e. The van der Waals surface area contributed by atoms with E-state index in [9.17, 15) is 0 Å². The topological polar surface area (TPSA) is 52.4 Å². The van der Waals surface area contributed by atoms with Crippen LogP contribution in [0.25, 0.3) is 6.08 Å². The lowest BCUT2D eigenvalue weighted by Gasteiger charge is -2.17. The summed E-state index contributed by atoms with van der Waals surface area (Å²) in [5, 5.41) is 8.82. The molecule has 2 aliphatic heterocycles. The summed E-state index contributed by atoms with van der Waals surface area (Å²) in [5.41, 5.74) is 1.19. The number of ether oxygens (including phenoxy) is 2. The van der Waals surface area contributed by atoms with E-state index in [0.717, 1.165) is 69.4 Å². The van der Waals surface area contributed by atoms with Gasteiger partial charge < -0.3 is 14.0 Å². The van der Waals surface area contributed by atoms with Crippen LogP contribution >= 0.6 is 0 Å². The second-order valence-electron chi connectivity index (χ2n) is 6.85. The van der Waals surface area contributed by atoms with Crippen molar-refractivity contribution in [2.75, 3.05) is 33.4 Å². The third kappa shape index (κ3) is 3.81. The quantitative estimate of drug-likeness (QED) is 0.826. The van der Waals surface area contributed by atoms with E-state index in [0.29, 0.717) is 0 Å². The highest BCUT2D eigenvalue weighted by molar-refractivity contribution is 5.50. The van der Waals surface area contributed by atoms with Crippen molar-refractivity contribution in [2.24, 2.45) is 0 Å². The van der Waals surface area contributed by atoms with Crippen LogP contribution < -0.4 is 4.74 Å². The van der Waals surface area contributed by atoms with Gasteiger partial charge in [-0.2, -0.15) is 0 Å². The number of fused-ring (bicyclic) bond motifs is 1. The fourth-order valence-corrected chi connectivity index (χ4v) is 3.64. The van der Waals surface area contributed by atoms with Crippen LogP contribution in [0.1, 0.15) is 36.2 Å². The van der Waals surface area contributed by atoms with Crippen LogP contribution in [0.15, 0.2) is 30.3 Å². The van der Waals surface area contributed by atoms with E-state index in [4.69, 9.17) is 9.47 Å². The van der Waals surface area contributed by atoms with Crippen LogP contribution in [-0.2, 0) is 17.7 Å². The number of aromatic nitrogens is 3. The first kappa shape index (κ1) is 17.2. The van der Waals surface area contributed by atoms with E-state index >= 15 is 0 Å². The van der Waals surface area contributed by atoms with Gasteiger partial charge in [-0.05, 0) is 30.5 Å². The van der Waals surface area contributed by atoms with Crippen molar-refractivity contribution in [3.63, 3.8) is 0 Å². The first-order chi connectivity index (χ1) is 12.8. The van der Waals surface area contributed by atoms with Gasteiger partial charge in [-0.15, -0.1) is 10.2 Å². The minimum Gasteiger partial charge on any atom is -0.497 e. The summed E-state index contributed by atoms with van der Waals surface area (Å²) in [6.45, 7) is 4.75. The lowest BCUT2D eigenvalue weighted by Crippen LogP contribution is -2.27. The zero-order chi connectivity index (χ0) is 17.8. The van der Waals surface area contributed by atoms with Crippen molar-refractivity contribution in [2.45, 2.75) is 31.9 Å². The zero-order valence-electron chi connectivity index (χ0n) is 15.3. The van der Waals surface area contributed by atoms with E-state index in [1.165, 1.54) is 5.56 Å². The maximum Gasteiger partial charge on any atom is 0.162 e. The van der Waals surface area contributed by atoms with Crippen LogP contribution in [0.2, 0.25) is 0 Å². The largest absolute Gasteiger partial charge is 0.497 e. The van der Waals surface area contributed by atoms with E-state index in [2.05, 4.69) is 43.9 Å². The van der Waals surface area contributed by atoms with Gasteiger partial charge in [0, 0.05) is 39.2 Å². The Kier molecular flexibility index (Phi) is 5.32. The Bertz CT molecular complexity index is 748. The summed E-state index contributed by atoms with van der Waals surface area (Å²) in [4.78, 5) is 2.47. The van der Waals surface area contributed by atoms with E-state index < -0.39 is 0 Å². The Hall–Kier alpha value is -2.18. The molecule has 26 heavy (non-hydrogen) atoms. The lowest BCUT2D eigenvalue weighted by atomic mass is 10.2. The van der Waals surface area contributed by atoms with Gasteiger partial charge in [-0.1, -0.05) is 24.3 Å². The molecule has 3 heterocycles. The Labute approximate surface area is 154 Å². The number of benzene rings is 1. The highest BCUT2D eigenvalue weighted by atomic mass is 16.5. The highest BCUT2D eigenvalue weighted by Crippen LogP contribution is 2.28. The second-order valence-corrected chi connectivity index (χ2v) is 6.85. The summed E-state index contributed by atoms with van der Waals surface area (Å²) in [6.07, 6.45) is 7.66. The van der Waals surface area contributed by atoms with Crippen LogP contribution in [0, 0.1) is 0 Å². The summed E-state index contributed by atoms with van der Waals surface area (Å²) in [7, 11) is 1.69. The standard InChI is InChI=1S/C20H26N4O2/c1-25-17-8-6-16(7-9-17)4-2-11-23-12-10-19-21-22-20(24(19)14-13-23)18-5-3-15-26-18/h2,4,6-9,18H,3,5,10-15H2,1H3/b4-2+. The molecule has 1 aromatic carbocycles.